The van der Waals surface area contributed by atoms with Crippen molar-refractivity contribution in [1.82, 2.24) is 0 Å². The summed E-state index contributed by atoms with van der Waals surface area (Å²) in [5, 5.41) is 10.0. The van der Waals surface area contributed by atoms with Crippen LogP contribution < -0.4 is 10.5 Å². The molecule has 0 aromatic heterocycles. The number of aliphatic hydroxyl groups excluding tert-OH is 1. The molecule has 0 aliphatic carbocycles. The third-order valence-electron chi connectivity index (χ3n) is 3.16. The van der Waals surface area contributed by atoms with Crippen molar-refractivity contribution >= 4 is 12.4 Å². The molecule has 0 aliphatic heterocycles. The molecule has 0 aliphatic rings. The molecule has 3 atom stereocenters. The number of ether oxygens (including phenoxy) is 1. The quantitative estimate of drug-likeness (QED) is 0.870. The first kappa shape index (κ1) is 17.2. The standard InChI is InChI=1S/C13H20FNO2.ClH/c1-4-8(2)12(16)11(15)9-6-5-7-10(14)13(9)17-3;/h5-8,11-12,16H,4,15H2,1-3H3;1H/t8?,11-,12+;/m0./s1. The normalized spacial score (nSPS) is 15.4. The predicted octanol–water partition coefficient (Wildman–Crippen LogP) is 2.66. The second-order valence-electron chi connectivity index (χ2n) is 4.26. The highest BCUT2D eigenvalue weighted by Gasteiger charge is 2.25. The summed E-state index contributed by atoms with van der Waals surface area (Å²) in [7, 11) is 1.39. The molecular weight excluding hydrogens is 257 g/mol. The summed E-state index contributed by atoms with van der Waals surface area (Å²) in [6, 6.07) is 3.91. The number of methoxy groups -OCH3 is 1. The van der Waals surface area contributed by atoms with Gasteiger partial charge in [-0.2, -0.15) is 0 Å². The Balaban J connectivity index is 0.00000289. The smallest absolute Gasteiger partial charge is 0.165 e. The average molecular weight is 278 g/mol. The minimum absolute atomic E-state index is 0. The number of para-hydroxylation sites is 1. The van der Waals surface area contributed by atoms with Crippen molar-refractivity contribution in [2.75, 3.05) is 7.11 Å². The summed E-state index contributed by atoms with van der Waals surface area (Å²) in [5.74, 6) is -0.294. The van der Waals surface area contributed by atoms with Crippen molar-refractivity contribution in [2.24, 2.45) is 11.7 Å². The molecule has 18 heavy (non-hydrogen) atoms. The van der Waals surface area contributed by atoms with E-state index in [-0.39, 0.29) is 24.1 Å². The molecule has 0 radical (unpaired) electrons. The molecule has 1 aromatic carbocycles. The summed E-state index contributed by atoms with van der Waals surface area (Å²) in [4.78, 5) is 0. The van der Waals surface area contributed by atoms with Gasteiger partial charge in [0.1, 0.15) is 0 Å². The van der Waals surface area contributed by atoms with Crippen LogP contribution in [0.1, 0.15) is 31.9 Å². The van der Waals surface area contributed by atoms with Gasteiger partial charge in [0.05, 0.1) is 19.3 Å². The van der Waals surface area contributed by atoms with Crippen molar-refractivity contribution in [1.29, 1.82) is 0 Å². The van der Waals surface area contributed by atoms with E-state index in [0.29, 0.717) is 5.56 Å². The maximum atomic E-state index is 13.5. The van der Waals surface area contributed by atoms with E-state index in [0.717, 1.165) is 6.42 Å². The van der Waals surface area contributed by atoms with Gasteiger partial charge in [0.15, 0.2) is 11.6 Å². The second kappa shape index (κ2) is 7.56. The van der Waals surface area contributed by atoms with E-state index in [9.17, 15) is 9.50 Å². The molecular formula is C13H21ClFNO2. The first-order valence-electron chi connectivity index (χ1n) is 5.78. The lowest BCUT2D eigenvalue weighted by Gasteiger charge is -2.25. The van der Waals surface area contributed by atoms with Crippen LogP contribution in [0.15, 0.2) is 18.2 Å². The molecule has 0 saturated carbocycles. The molecule has 1 unspecified atom stereocenters. The van der Waals surface area contributed by atoms with Crippen LogP contribution in [0.2, 0.25) is 0 Å². The van der Waals surface area contributed by atoms with Gasteiger partial charge in [-0.15, -0.1) is 12.4 Å². The molecule has 1 rings (SSSR count). The van der Waals surface area contributed by atoms with Crippen molar-refractivity contribution in [3.63, 3.8) is 0 Å². The van der Waals surface area contributed by atoms with Gasteiger partial charge in [0, 0.05) is 5.56 Å². The summed E-state index contributed by atoms with van der Waals surface area (Å²) < 4.78 is 18.5. The predicted molar refractivity (Wildman–Crippen MR) is 72.6 cm³/mol. The Morgan fingerprint density at radius 1 is 1.44 bits per heavy atom. The van der Waals surface area contributed by atoms with Crippen molar-refractivity contribution in [2.45, 2.75) is 32.4 Å². The minimum Gasteiger partial charge on any atom is -0.493 e. The van der Waals surface area contributed by atoms with Gasteiger partial charge in [-0.05, 0) is 12.0 Å². The summed E-state index contributed by atoms with van der Waals surface area (Å²) in [6.07, 6.45) is 0.0997. The molecule has 3 N–H and O–H groups in total. The van der Waals surface area contributed by atoms with Gasteiger partial charge in [-0.1, -0.05) is 32.4 Å². The van der Waals surface area contributed by atoms with Crippen LogP contribution >= 0.6 is 12.4 Å². The maximum absolute atomic E-state index is 13.5. The molecule has 3 nitrogen and oxygen atoms in total. The van der Waals surface area contributed by atoms with Crippen molar-refractivity contribution in [3.05, 3.63) is 29.6 Å². The Kier molecular flexibility index (Phi) is 7.21. The van der Waals surface area contributed by atoms with Crippen LogP contribution in [0.3, 0.4) is 0 Å². The van der Waals surface area contributed by atoms with Crippen LogP contribution in [0.4, 0.5) is 4.39 Å². The molecule has 5 heteroatoms. The topological polar surface area (TPSA) is 55.5 Å². The fourth-order valence-electron chi connectivity index (χ4n) is 1.78. The number of rotatable bonds is 5. The molecule has 0 heterocycles. The van der Waals surface area contributed by atoms with E-state index in [1.54, 1.807) is 12.1 Å². The van der Waals surface area contributed by atoms with Gasteiger partial charge in [0.25, 0.3) is 0 Å². The summed E-state index contributed by atoms with van der Waals surface area (Å²) >= 11 is 0. The monoisotopic (exact) mass is 277 g/mol. The zero-order valence-corrected chi connectivity index (χ0v) is 11.7. The van der Waals surface area contributed by atoms with E-state index in [2.05, 4.69) is 0 Å². The van der Waals surface area contributed by atoms with E-state index in [1.165, 1.54) is 13.2 Å². The molecule has 0 saturated heterocycles. The number of hydrogen-bond acceptors (Lipinski definition) is 3. The lowest BCUT2D eigenvalue weighted by molar-refractivity contribution is 0.0869. The SMILES string of the molecule is CCC(C)[C@@H](O)[C@@H](N)c1cccc(F)c1OC.Cl. The molecule has 1 aromatic rings. The minimum atomic E-state index is -0.712. The van der Waals surface area contributed by atoms with Gasteiger partial charge >= 0.3 is 0 Å². The number of aliphatic hydroxyl groups is 1. The number of hydrogen-bond donors (Lipinski definition) is 2. The first-order valence-corrected chi connectivity index (χ1v) is 5.78. The Morgan fingerprint density at radius 2 is 2.06 bits per heavy atom. The van der Waals surface area contributed by atoms with E-state index in [4.69, 9.17) is 10.5 Å². The van der Waals surface area contributed by atoms with Crippen LogP contribution in [-0.2, 0) is 0 Å². The van der Waals surface area contributed by atoms with Crippen LogP contribution in [-0.4, -0.2) is 18.3 Å². The summed E-state index contributed by atoms with van der Waals surface area (Å²) in [5.41, 5.74) is 6.46. The van der Waals surface area contributed by atoms with E-state index in [1.807, 2.05) is 13.8 Å². The van der Waals surface area contributed by atoms with Gasteiger partial charge in [-0.25, -0.2) is 4.39 Å². The van der Waals surface area contributed by atoms with Crippen molar-refractivity contribution < 1.29 is 14.2 Å². The molecule has 0 bridgehead atoms. The molecule has 0 amide bonds. The average Bonchev–Trinajstić information content (AvgIpc) is 2.35. The first-order chi connectivity index (χ1) is 8.02. The van der Waals surface area contributed by atoms with E-state index >= 15 is 0 Å². The lowest BCUT2D eigenvalue weighted by atomic mass is 9.91. The Hall–Kier alpha value is -0.840. The Bertz CT molecular complexity index is 376. The highest BCUT2D eigenvalue weighted by Crippen LogP contribution is 2.30. The fraction of sp³-hybridized carbons (Fsp3) is 0.538. The Morgan fingerprint density at radius 3 is 2.56 bits per heavy atom. The molecule has 104 valence electrons. The highest BCUT2D eigenvalue weighted by atomic mass is 35.5. The number of nitrogens with two attached hydrogens (primary N) is 1. The molecule has 0 fully saturated rings. The molecule has 0 spiro atoms. The zero-order valence-electron chi connectivity index (χ0n) is 10.9. The third kappa shape index (κ3) is 3.57. The van der Waals surface area contributed by atoms with Gasteiger partial charge < -0.3 is 15.6 Å². The van der Waals surface area contributed by atoms with E-state index < -0.39 is 18.0 Å². The van der Waals surface area contributed by atoms with Crippen molar-refractivity contribution in [3.8, 4) is 5.75 Å². The fourth-order valence-corrected chi connectivity index (χ4v) is 1.78. The van der Waals surface area contributed by atoms with Crippen LogP contribution in [0.5, 0.6) is 5.75 Å². The maximum Gasteiger partial charge on any atom is 0.165 e. The van der Waals surface area contributed by atoms with Gasteiger partial charge in [0.2, 0.25) is 0 Å². The van der Waals surface area contributed by atoms with Crippen LogP contribution in [0, 0.1) is 11.7 Å². The Labute approximate surface area is 114 Å². The highest BCUT2D eigenvalue weighted by molar-refractivity contribution is 5.85. The number of benzene rings is 1. The number of halogens is 2. The lowest BCUT2D eigenvalue weighted by Crippen LogP contribution is -2.32. The second-order valence-corrected chi connectivity index (χ2v) is 4.26. The third-order valence-corrected chi connectivity index (χ3v) is 3.16. The van der Waals surface area contributed by atoms with Crippen LogP contribution in [0.25, 0.3) is 0 Å². The van der Waals surface area contributed by atoms with Gasteiger partial charge in [-0.3, -0.25) is 0 Å². The summed E-state index contributed by atoms with van der Waals surface area (Å²) in [6.45, 7) is 3.89. The largest absolute Gasteiger partial charge is 0.493 e. The zero-order chi connectivity index (χ0) is 13.0.